The van der Waals surface area contributed by atoms with Gasteiger partial charge in [-0.25, -0.2) is 0 Å². The SMILES string of the molecule is CC(C)CCCCCSCCC(=O)[O-].CC(C)CCCCCSCCC(=O)[O-].CCC[CH2][Sn+2][Cl]. The Morgan fingerprint density at radius 3 is 1.38 bits per heavy atom. The number of carboxylic acid groups (broad SMARTS) is 2. The van der Waals surface area contributed by atoms with Gasteiger partial charge in [0.15, 0.2) is 0 Å². The van der Waals surface area contributed by atoms with Crippen LogP contribution in [0.15, 0.2) is 0 Å². The maximum absolute atomic E-state index is 10.1. The number of rotatable bonds is 21. The van der Waals surface area contributed by atoms with Crippen LogP contribution in [-0.4, -0.2) is 55.0 Å². The van der Waals surface area contributed by atoms with Crippen LogP contribution in [0.5, 0.6) is 0 Å². The summed E-state index contributed by atoms with van der Waals surface area (Å²) in [5, 5.41) is 20.2. The second-order valence-electron chi connectivity index (χ2n) is 9.19. The van der Waals surface area contributed by atoms with Gasteiger partial charge in [-0.3, -0.25) is 0 Å². The Morgan fingerprint density at radius 1 is 0.706 bits per heavy atom. The average molecular weight is 646 g/mol. The molecule has 0 saturated heterocycles. The fraction of sp³-hybridized carbons (Fsp3) is 0.923. The fourth-order valence-corrected chi connectivity index (χ4v) is 6.76. The number of unbranched alkanes of at least 4 members (excludes halogenated alkanes) is 5. The number of carboxylic acids is 2. The molecule has 0 saturated carbocycles. The van der Waals surface area contributed by atoms with E-state index in [1.54, 1.807) is 23.5 Å². The molecule has 0 aromatic carbocycles. The molecule has 4 nitrogen and oxygen atoms in total. The van der Waals surface area contributed by atoms with Gasteiger partial charge in [-0.15, -0.1) is 0 Å². The summed E-state index contributed by atoms with van der Waals surface area (Å²) in [6.45, 7) is 11.2. The predicted octanol–water partition coefficient (Wildman–Crippen LogP) is 6.21. The Balaban J connectivity index is -0.000000458. The van der Waals surface area contributed by atoms with Crippen molar-refractivity contribution in [3.63, 3.8) is 0 Å². The minimum atomic E-state index is -0.933. The standard InChI is InChI=1S/2C11H22O2S.C4H9.ClH.Sn/c2*1-10(2)6-4-3-5-8-14-9-7-11(12)13;1-3-4-2;;/h2*10H,3-9H2,1-2H3,(H,12,13);1,3-4H2,2H3;1H;/q;;;;+3/p-3. The molecule has 0 aliphatic heterocycles. The van der Waals surface area contributed by atoms with E-state index in [0.29, 0.717) is 11.5 Å². The number of hydrogen-bond acceptors (Lipinski definition) is 6. The van der Waals surface area contributed by atoms with Crippen LogP contribution in [0, 0.1) is 11.8 Å². The Kier molecular flexibility index (Phi) is 38.9. The van der Waals surface area contributed by atoms with Crippen LogP contribution < -0.4 is 10.2 Å². The van der Waals surface area contributed by atoms with E-state index < -0.39 is 11.9 Å². The molecule has 34 heavy (non-hydrogen) atoms. The van der Waals surface area contributed by atoms with Crippen LogP contribution in [0.1, 0.15) is 112 Å². The number of halogens is 1. The number of hydrogen-bond donors (Lipinski definition) is 0. The van der Waals surface area contributed by atoms with Gasteiger partial charge in [0.1, 0.15) is 0 Å². The molecule has 0 rings (SSSR count). The molecule has 0 atom stereocenters. The Labute approximate surface area is 233 Å². The Morgan fingerprint density at radius 2 is 1.12 bits per heavy atom. The maximum atomic E-state index is 10.1. The number of carbonyl (C=O) groups excluding carboxylic acids is 2. The van der Waals surface area contributed by atoms with Gasteiger partial charge < -0.3 is 19.8 Å². The second-order valence-corrected chi connectivity index (χ2v) is 15.6. The molecule has 0 amide bonds. The first-order valence-corrected chi connectivity index (χ1v) is 21.0. The third-order valence-electron chi connectivity index (χ3n) is 4.67. The molecule has 0 aliphatic carbocycles. The molecule has 0 radical (unpaired) electrons. The minimum absolute atomic E-state index is 0.191. The molecule has 0 N–H and O–H groups in total. The van der Waals surface area contributed by atoms with Gasteiger partial charge in [0, 0.05) is 11.9 Å². The van der Waals surface area contributed by atoms with Crippen molar-refractivity contribution in [3.8, 4) is 0 Å². The van der Waals surface area contributed by atoms with Crippen molar-refractivity contribution < 1.29 is 19.8 Å². The molecule has 0 aliphatic rings. The molecule has 0 bridgehead atoms. The summed E-state index contributed by atoms with van der Waals surface area (Å²) in [5.41, 5.74) is 0. The third kappa shape index (κ3) is 49.8. The van der Waals surface area contributed by atoms with Crippen molar-refractivity contribution in [2.45, 2.75) is 116 Å². The zero-order valence-corrected chi connectivity index (χ0v) is 27.7. The van der Waals surface area contributed by atoms with E-state index in [1.165, 1.54) is 68.6 Å². The first-order chi connectivity index (χ1) is 16.2. The molecule has 0 aromatic rings. The monoisotopic (exact) mass is 646 g/mol. The van der Waals surface area contributed by atoms with Gasteiger partial charge in [-0.2, -0.15) is 23.5 Å². The Bertz CT molecular complexity index is 390. The third-order valence-corrected chi connectivity index (χ3v) is 9.62. The number of aliphatic carboxylic acids is 2. The molecule has 0 aromatic heterocycles. The van der Waals surface area contributed by atoms with Crippen molar-refractivity contribution in [2.75, 3.05) is 23.0 Å². The second kappa shape index (κ2) is 33.7. The van der Waals surface area contributed by atoms with Crippen LogP contribution in [-0.2, 0) is 9.59 Å². The molecular formula is C26H51ClO4S2Sn. The number of carbonyl (C=O) groups is 2. The molecule has 0 spiro atoms. The fourth-order valence-electron chi connectivity index (χ4n) is 2.63. The quantitative estimate of drug-likeness (QED) is 0.109. The Hall–Kier alpha value is 0.729. The van der Waals surface area contributed by atoms with Crippen LogP contribution in [0.3, 0.4) is 0 Å². The summed E-state index contributed by atoms with van der Waals surface area (Å²) < 4.78 is 1.35. The zero-order valence-electron chi connectivity index (χ0n) is 22.5. The summed E-state index contributed by atoms with van der Waals surface area (Å²) >= 11 is 3.10. The molecule has 0 fully saturated rings. The first-order valence-electron chi connectivity index (χ1n) is 13.1. The van der Waals surface area contributed by atoms with E-state index >= 15 is 0 Å². The molecule has 8 heteroatoms. The van der Waals surface area contributed by atoms with E-state index in [9.17, 15) is 19.8 Å². The predicted molar refractivity (Wildman–Crippen MR) is 152 cm³/mol. The van der Waals surface area contributed by atoms with Crippen LogP contribution in [0.4, 0.5) is 0 Å². The van der Waals surface area contributed by atoms with Gasteiger partial charge >= 0.3 is 53.1 Å². The molecule has 202 valence electrons. The van der Waals surface area contributed by atoms with Gasteiger partial charge in [-0.1, -0.05) is 66.2 Å². The van der Waals surface area contributed by atoms with Crippen molar-refractivity contribution in [1.29, 1.82) is 0 Å². The summed E-state index contributed by atoms with van der Waals surface area (Å²) in [5.74, 6) is 3.33. The summed E-state index contributed by atoms with van der Waals surface area (Å²) in [6.07, 6.45) is 13.3. The normalized spacial score (nSPS) is 10.2. The van der Waals surface area contributed by atoms with Crippen molar-refractivity contribution in [1.82, 2.24) is 0 Å². The van der Waals surface area contributed by atoms with Crippen molar-refractivity contribution in [3.05, 3.63) is 0 Å². The van der Waals surface area contributed by atoms with Crippen LogP contribution in [0.25, 0.3) is 0 Å². The summed E-state index contributed by atoms with van der Waals surface area (Å²) in [4.78, 5) is 20.2. The van der Waals surface area contributed by atoms with E-state index in [2.05, 4.69) is 34.6 Å². The van der Waals surface area contributed by atoms with Gasteiger partial charge in [-0.05, 0) is 60.5 Å². The van der Waals surface area contributed by atoms with Crippen LogP contribution >= 0.6 is 32.4 Å². The van der Waals surface area contributed by atoms with Crippen molar-refractivity contribution in [2.24, 2.45) is 11.8 Å². The van der Waals surface area contributed by atoms with Crippen molar-refractivity contribution >= 4 is 64.4 Å². The van der Waals surface area contributed by atoms with E-state index in [1.807, 2.05) is 0 Å². The van der Waals surface area contributed by atoms with Gasteiger partial charge in [0.2, 0.25) is 0 Å². The van der Waals surface area contributed by atoms with Gasteiger partial charge in [0.25, 0.3) is 0 Å². The average Bonchev–Trinajstić information content (AvgIpc) is 2.76. The summed E-state index contributed by atoms with van der Waals surface area (Å²) in [6, 6.07) is 0. The molecular weight excluding hydrogens is 595 g/mol. The van der Waals surface area contributed by atoms with E-state index in [0.717, 1.165) is 23.3 Å². The van der Waals surface area contributed by atoms with E-state index in [4.69, 9.17) is 8.92 Å². The number of thioether (sulfide) groups is 2. The van der Waals surface area contributed by atoms with E-state index in [-0.39, 0.29) is 32.9 Å². The zero-order chi connectivity index (χ0) is 26.5. The first kappa shape index (κ1) is 39.2. The summed E-state index contributed by atoms with van der Waals surface area (Å²) in [7, 11) is 5.55. The molecule has 0 unspecified atom stereocenters. The van der Waals surface area contributed by atoms with Gasteiger partial charge in [0.05, 0.1) is 0 Å². The molecule has 0 heterocycles. The van der Waals surface area contributed by atoms with Crippen LogP contribution in [0.2, 0.25) is 4.44 Å². The topological polar surface area (TPSA) is 80.3 Å².